The highest BCUT2D eigenvalue weighted by Gasteiger charge is 2.28. The van der Waals surface area contributed by atoms with Crippen LogP contribution in [0.15, 0.2) is 18.2 Å². The summed E-state index contributed by atoms with van der Waals surface area (Å²) >= 11 is 0. The fourth-order valence-electron chi connectivity index (χ4n) is 2.69. The molecule has 1 saturated carbocycles. The Morgan fingerprint density at radius 1 is 1.42 bits per heavy atom. The minimum Gasteiger partial charge on any atom is -0.496 e. The molecule has 0 bridgehead atoms. The van der Waals surface area contributed by atoms with E-state index >= 15 is 0 Å². The largest absolute Gasteiger partial charge is 0.496 e. The topological polar surface area (TPSA) is 52.9 Å². The minimum absolute atomic E-state index is 0.118. The van der Waals surface area contributed by atoms with Crippen LogP contribution in [0.3, 0.4) is 0 Å². The molecule has 0 spiro atoms. The number of hydrogen-bond acceptors (Lipinski definition) is 4. The molecule has 2 rings (SSSR count). The minimum atomic E-state index is -0.590. The molecule has 4 nitrogen and oxygen atoms in total. The third kappa shape index (κ3) is 2.85. The number of hydrogen-bond donors (Lipinski definition) is 2. The van der Waals surface area contributed by atoms with Crippen LogP contribution in [0.4, 0.5) is 5.69 Å². The zero-order chi connectivity index (χ0) is 13.8. The molecule has 0 saturated heterocycles. The molecule has 106 valence electrons. The monoisotopic (exact) mass is 265 g/mol. The van der Waals surface area contributed by atoms with Gasteiger partial charge in [-0.05, 0) is 38.3 Å². The van der Waals surface area contributed by atoms with E-state index in [1.807, 2.05) is 18.2 Å². The Hall–Kier alpha value is -1.26. The molecule has 0 radical (unpaired) electrons. The Morgan fingerprint density at radius 3 is 2.63 bits per heavy atom. The summed E-state index contributed by atoms with van der Waals surface area (Å²) in [5.41, 5.74) is 1.79. The lowest BCUT2D eigenvalue weighted by molar-refractivity contribution is 0.194. The summed E-state index contributed by atoms with van der Waals surface area (Å²) in [7, 11) is 1.62. The number of ether oxygens (including phenoxy) is 1. The van der Waals surface area contributed by atoms with Crippen LogP contribution in [-0.4, -0.2) is 36.5 Å². The van der Waals surface area contributed by atoms with Crippen molar-refractivity contribution in [3.8, 4) is 5.75 Å². The molecule has 0 heterocycles. The molecule has 2 N–H and O–H groups in total. The van der Waals surface area contributed by atoms with Crippen LogP contribution in [0.5, 0.6) is 5.75 Å². The molecule has 1 fully saturated rings. The van der Waals surface area contributed by atoms with Gasteiger partial charge in [0.1, 0.15) is 5.75 Å². The third-order valence-electron chi connectivity index (χ3n) is 3.85. The van der Waals surface area contributed by atoms with Crippen LogP contribution in [0.2, 0.25) is 0 Å². The lowest BCUT2D eigenvalue weighted by Gasteiger charge is -2.40. The first-order valence-corrected chi connectivity index (χ1v) is 6.91. The van der Waals surface area contributed by atoms with Gasteiger partial charge in [0.25, 0.3) is 0 Å². The van der Waals surface area contributed by atoms with Gasteiger partial charge in [0.2, 0.25) is 0 Å². The first-order chi connectivity index (χ1) is 9.19. The van der Waals surface area contributed by atoms with Crippen molar-refractivity contribution in [2.45, 2.75) is 38.3 Å². The van der Waals surface area contributed by atoms with E-state index in [2.05, 4.69) is 4.90 Å². The average Bonchev–Trinajstić information content (AvgIpc) is 2.35. The lowest BCUT2D eigenvalue weighted by Crippen LogP contribution is -2.42. The summed E-state index contributed by atoms with van der Waals surface area (Å²) in [6, 6.07) is 6.27. The van der Waals surface area contributed by atoms with Crippen molar-refractivity contribution in [3.63, 3.8) is 0 Å². The van der Waals surface area contributed by atoms with Gasteiger partial charge in [-0.15, -0.1) is 0 Å². The second-order valence-corrected chi connectivity index (χ2v) is 5.07. The van der Waals surface area contributed by atoms with Gasteiger partial charge in [0.05, 0.1) is 19.8 Å². The second kappa shape index (κ2) is 6.26. The Balaban J connectivity index is 2.39. The first-order valence-electron chi connectivity index (χ1n) is 6.91. The molecule has 1 aliphatic carbocycles. The van der Waals surface area contributed by atoms with Gasteiger partial charge in [-0.3, -0.25) is 0 Å². The van der Waals surface area contributed by atoms with E-state index in [-0.39, 0.29) is 6.61 Å². The molecule has 1 aromatic carbocycles. The Kier molecular flexibility index (Phi) is 4.66. The van der Waals surface area contributed by atoms with Crippen molar-refractivity contribution in [2.24, 2.45) is 0 Å². The van der Waals surface area contributed by atoms with Crippen LogP contribution in [-0.2, 0) is 0 Å². The van der Waals surface area contributed by atoms with Gasteiger partial charge in [-0.25, -0.2) is 0 Å². The van der Waals surface area contributed by atoms with Crippen molar-refractivity contribution in [3.05, 3.63) is 23.8 Å². The lowest BCUT2D eigenvalue weighted by atomic mass is 9.90. The van der Waals surface area contributed by atoms with Gasteiger partial charge in [-0.2, -0.15) is 0 Å². The highest BCUT2D eigenvalue weighted by molar-refractivity contribution is 5.61. The molecular weight excluding hydrogens is 242 g/mol. The van der Waals surface area contributed by atoms with Crippen molar-refractivity contribution < 1.29 is 14.9 Å². The summed E-state index contributed by atoms with van der Waals surface area (Å²) in [6.45, 7) is 2.46. The maximum Gasteiger partial charge on any atom is 0.126 e. The number of aliphatic hydroxyl groups is 2. The number of anilines is 1. The van der Waals surface area contributed by atoms with Crippen LogP contribution < -0.4 is 9.64 Å². The highest BCUT2D eigenvalue weighted by atomic mass is 16.5. The van der Waals surface area contributed by atoms with E-state index in [1.54, 1.807) is 14.0 Å². The molecule has 0 aliphatic heterocycles. The number of nitrogens with zero attached hydrogens (tertiary/aromatic N) is 1. The molecule has 1 aliphatic rings. The third-order valence-corrected chi connectivity index (χ3v) is 3.85. The van der Waals surface area contributed by atoms with E-state index in [0.717, 1.165) is 24.1 Å². The predicted octanol–water partition coefficient (Wildman–Crippen LogP) is 2.10. The van der Waals surface area contributed by atoms with E-state index in [0.29, 0.717) is 18.3 Å². The van der Waals surface area contributed by atoms with Crippen LogP contribution in [0, 0.1) is 0 Å². The Labute approximate surface area is 114 Å². The van der Waals surface area contributed by atoms with E-state index in [9.17, 15) is 10.2 Å². The normalized spacial score (nSPS) is 16.8. The highest BCUT2D eigenvalue weighted by Crippen LogP contribution is 2.38. The van der Waals surface area contributed by atoms with Gasteiger partial charge in [0, 0.05) is 23.8 Å². The zero-order valence-electron chi connectivity index (χ0n) is 11.7. The van der Waals surface area contributed by atoms with Crippen molar-refractivity contribution in [2.75, 3.05) is 25.2 Å². The predicted molar refractivity (Wildman–Crippen MR) is 75.7 cm³/mol. The van der Waals surface area contributed by atoms with Crippen LogP contribution >= 0.6 is 0 Å². The van der Waals surface area contributed by atoms with Crippen molar-refractivity contribution in [1.29, 1.82) is 0 Å². The zero-order valence-corrected chi connectivity index (χ0v) is 11.7. The summed E-state index contributed by atoms with van der Waals surface area (Å²) in [5.74, 6) is 0.703. The summed E-state index contributed by atoms with van der Waals surface area (Å²) in [6.07, 6.45) is 2.94. The van der Waals surface area contributed by atoms with Crippen LogP contribution in [0.1, 0.15) is 37.9 Å². The molecule has 1 aromatic rings. The molecule has 4 heteroatoms. The second-order valence-electron chi connectivity index (χ2n) is 5.07. The number of methoxy groups -OCH3 is 1. The fourth-order valence-corrected chi connectivity index (χ4v) is 2.69. The van der Waals surface area contributed by atoms with Crippen molar-refractivity contribution in [1.82, 2.24) is 0 Å². The smallest absolute Gasteiger partial charge is 0.126 e. The van der Waals surface area contributed by atoms with E-state index in [1.165, 1.54) is 6.42 Å². The van der Waals surface area contributed by atoms with Gasteiger partial charge in [0.15, 0.2) is 0 Å². The summed E-state index contributed by atoms with van der Waals surface area (Å²) in [4.78, 5) is 2.20. The SMILES string of the molecule is COc1cccc(N(CCO)C2CCC2)c1C(C)O. The van der Waals surface area contributed by atoms with Crippen LogP contribution in [0.25, 0.3) is 0 Å². The molecule has 1 unspecified atom stereocenters. The van der Waals surface area contributed by atoms with Gasteiger partial charge in [-0.1, -0.05) is 6.07 Å². The number of rotatable bonds is 6. The summed E-state index contributed by atoms with van der Waals surface area (Å²) in [5, 5.41) is 19.3. The maximum atomic E-state index is 10.0. The molecular formula is C15H23NO3. The van der Waals surface area contributed by atoms with Gasteiger partial charge >= 0.3 is 0 Å². The molecule has 19 heavy (non-hydrogen) atoms. The number of benzene rings is 1. The molecule has 0 aromatic heterocycles. The maximum absolute atomic E-state index is 10.0. The quantitative estimate of drug-likeness (QED) is 0.827. The summed E-state index contributed by atoms with van der Waals surface area (Å²) < 4.78 is 5.36. The Morgan fingerprint density at radius 2 is 2.16 bits per heavy atom. The molecule has 1 atom stereocenters. The Bertz CT molecular complexity index is 416. The van der Waals surface area contributed by atoms with E-state index < -0.39 is 6.10 Å². The first kappa shape index (κ1) is 14.2. The van der Waals surface area contributed by atoms with E-state index in [4.69, 9.17) is 4.74 Å². The number of aliphatic hydroxyl groups excluding tert-OH is 2. The standard InChI is InChI=1S/C15H23NO3/c1-11(18)15-13(7-4-8-14(15)19-2)16(9-10-17)12-5-3-6-12/h4,7-8,11-12,17-18H,3,5-6,9-10H2,1-2H3. The molecule has 0 amide bonds. The van der Waals surface area contributed by atoms with Gasteiger partial charge < -0.3 is 19.8 Å². The average molecular weight is 265 g/mol. The fraction of sp³-hybridized carbons (Fsp3) is 0.600. The van der Waals surface area contributed by atoms with Crippen molar-refractivity contribution >= 4 is 5.69 Å².